The van der Waals surface area contributed by atoms with Gasteiger partial charge in [-0.2, -0.15) is 5.10 Å². The Kier molecular flexibility index (Phi) is 6.18. The minimum Gasteiger partial charge on any atom is -0.465 e. The number of rotatable bonds is 7. The van der Waals surface area contributed by atoms with Gasteiger partial charge in [0.05, 0.1) is 23.9 Å². The number of nitro benzene ring substituents is 1. The van der Waals surface area contributed by atoms with Gasteiger partial charge in [0.1, 0.15) is 5.76 Å². The van der Waals surface area contributed by atoms with Crippen molar-refractivity contribution in [3.63, 3.8) is 0 Å². The van der Waals surface area contributed by atoms with Crippen LogP contribution in [-0.4, -0.2) is 29.5 Å². The van der Waals surface area contributed by atoms with E-state index in [-0.39, 0.29) is 12.2 Å². The number of non-ortho nitro benzene ring substituents is 1. The Morgan fingerprint density at radius 3 is 2.64 bits per heavy atom. The normalized spacial score (nSPS) is 10.9. The number of nitrogens with one attached hydrogen (secondary N) is 2. The van der Waals surface area contributed by atoms with Crippen LogP contribution >= 0.6 is 0 Å². The molecule has 9 heteroatoms. The van der Waals surface area contributed by atoms with E-state index in [9.17, 15) is 19.7 Å². The van der Waals surface area contributed by atoms with Gasteiger partial charge in [-0.05, 0) is 35.9 Å². The highest BCUT2D eigenvalue weighted by molar-refractivity contribution is 5.94. The van der Waals surface area contributed by atoms with E-state index in [1.807, 2.05) is 0 Å². The number of nitrogens with zero attached hydrogens (tertiary/aromatic N) is 2. The van der Waals surface area contributed by atoms with Gasteiger partial charge < -0.3 is 9.73 Å². The van der Waals surface area contributed by atoms with Gasteiger partial charge in [0.15, 0.2) is 0 Å². The van der Waals surface area contributed by atoms with Crippen molar-refractivity contribution in [3.05, 3.63) is 70.2 Å². The summed E-state index contributed by atoms with van der Waals surface area (Å²) < 4.78 is 5.02. The van der Waals surface area contributed by atoms with Gasteiger partial charge in [0, 0.05) is 18.2 Å². The van der Waals surface area contributed by atoms with Crippen molar-refractivity contribution in [2.75, 3.05) is 6.54 Å². The topological polar surface area (TPSA) is 127 Å². The first kappa shape index (κ1) is 17.6. The summed E-state index contributed by atoms with van der Waals surface area (Å²) in [5.74, 6) is -0.448. The van der Waals surface area contributed by atoms with Crippen molar-refractivity contribution < 1.29 is 18.9 Å². The summed E-state index contributed by atoms with van der Waals surface area (Å²) in [5.41, 5.74) is 2.78. The third-order valence-corrected chi connectivity index (χ3v) is 2.87. The van der Waals surface area contributed by atoms with Gasteiger partial charge >= 0.3 is 0 Å². The van der Waals surface area contributed by atoms with Gasteiger partial charge in [0.2, 0.25) is 5.91 Å². The first-order valence-corrected chi connectivity index (χ1v) is 7.10. The largest absolute Gasteiger partial charge is 0.465 e. The Balaban J connectivity index is 1.72. The van der Waals surface area contributed by atoms with E-state index in [0.717, 1.165) is 0 Å². The number of hydrogen-bond acceptors (Lipinski definition) is 6. The predicted octanol–water partition coefficient (Wildman–Crippen LogP) is 1.47. The van der Waals surface area contributed by atoms with Crippen LogP contribution in [0.25, 0.3) is 6.08 Å². The molecule has 0 spiro atoms. The molecule has 0 unspecified atom stereocenters. The van der Waals surface area contributed by atoms with E-state index < -0.39 is 16.7 Å². The Bertz CT molecular complexity index is 794. The van der Waals surface area contributed by atoms with Crippen LogP contribution in [0.2, 0.25) is 0 Å². The minimum atomic E-state index is -0.516. The molecule has 0 bridgehead atoms. The number of carbonyl (C=O) groups is 2. The average molecular weight is 342 g/mol. The lowest BCUT2D eigenvalue weighted by Gasteiger charge is -2.00. The van der Waals surface area contributed by atoms with Gasteiger partial charge in [-0.3, -0.25) is 19.7 Å². The number of amides is 2. The van der Waals surface area contributed by atoms with E-state index in [4.69, 9.17) is 4.42 Å². The zero-order valence-electron chi connectivity index (χ0n) is 12.9. The van der Waals surface area contributed by atoms with Crippen LogP contribution in [0.1, 0.15) is 11.3 Å². The van der Waals surface area contributed by atoms with E-state index in [2.05, 4.69) is 15.8 Å². The Morgan fingerprint density at radius 2 is 2.00 bits per heavy atom. The Hall–Kier alpha value is -3.75. The second kappa shape index (κ2) is 8.77. The van der Waals surface area contributed by atoms with Crippen molar-refractivity contribution in [1.29, 1.82) is 0 Å². The smallest absolute Gasteiger partial charge is 0.269 e. The van der Waals surface area contributed by atoms with E-state index in [1.165, 1.54) is 48.9 Å². The summed E-state index contributed by atoms with van der Waals surface area (Å²) in [6.45, 7) is -0.251. The van der Waals surface area contributed by atoms with Crippen LogP contribution in [0, 0.1) is 10.1 Å². The number of nitro groups is 1. The second-order valence-electron chi connectivity index (χ2n) is 4.71. The fourth-order valence-electron chi connectivity index (χ4n) is 1.67. The average Bonchev–Trinajstić information content (AvgIpc) is 3.12. The molecule has 0 atom stereocenters. The van der Waals surface area contributed by atoms with Gasteiger partial charge in [-0.15, -0.1) is 0 Å². The molecular weight excluding hydrogens is 328 g/mol. The molecule has 25 heavy (non-hydrogen) atoms. The molecule has 0 aliphatic carbocycles. The Morgan fingerprint density at radius 1 is 1.24 bits per heavy atom. The van der Waals surface area contributed by atoms with Crippen molar-refractivity contribution in [2.45, 2.75) is 0 Å². The van der Waals surface area contributed by atoms with Crippen LogP contribution in [0.3, 0.4) is 0 Å². The molecule has 1 aromatic carbocycles. The zero-order chi connectivity index (χ0) is 18.1. The van der Waals surface area contributed by atoms with Gasteiger partial charge in [-0.25, -0.2) is 5.43 Å². The minimum absolute atomic E-state index is 0.0356. The summed E-state index contributed by atoms with van der Waals surface area (Å²) in [6, 6.07) is 9.02. The maximum Gasteiger partial charge on any atom is 0.269 e. The summed E-state index contributed by atoms with van der Waals surface area (Å²) >= 11 is 0. The molecule has 0 saturated heterocycles. The molecule has 0 fully saturated rings. The fraction of sp³-hybridized carbons (Fsp3) is 0.0625. The molecule has 2 aromatic rings. The molecule has 0 aliphatic heterocycles. The third-order valence-electron chi connectivity index (χ3n) is 2.87. The fourth-order valence-corrected chi connectivity index (χ4v) is 1.67. The highest BCUT2D eigenvalue weighted by atomic mass is 16.6. The molecule has 2 rings (SSSR count). The van der Waals surface area contributed by atoms with Crippen molar-refractivity contribution >= 4 is 29.8 Å². The molecule has 2 amide bonds. The van der Waals surface area contributed by atoms with Crippen LogP contribution < -0.4 is 10.7 Å². The van der Waals surface area contributed by atoms with Crippen LogP contribution in [0.15, 0.2) is 58.3 Å². The number of hydrazone groups is 1. The van der Waals surface area contributed by atoms with Gasteiger partial charge in [-0.1, -0.05) is 0 Å². The second-order valence-corrected chi connectivity index (χ2v) is 4.71. The summed E-state index contributed by atoms with van der Waals surface area (Å²) in [4.78, 5) is 33.1. The lowest BCUT2D eigenvalue weighted by molar-refractivity contribution is -0.384. The molecule has 1 heterocycles. The first-order valence-electron chi connectivity index (χ1n) is 7.10. The predicted molar refractivity (Wildman–Crippen MR) is 89.6 cm³/mol. The SMILES string of the molecule is O=C(/C=C/c1ccco1)NCC(=O)NN=Cc1ccc([N+](=O)[O-])cc1. The number of furan rings is 1. The molecule has 2 N–H and O–H groups in total. The van der Waals surface area contributed by atoms with Crippen LogP contribution in [-0.2, 0) is 9.59 Å². The van der Waals surface area contributed by atoms with Crippen molar-refractivity contribution in [2.24, 2.45) is 5.10 Å². The van der Waals surface area contributed by atoms with Crippen LogP contribution in [0.5, 0.6) is 0 Å². The number of hydrogen-bond donors (Lipinski definition) is 2. The maximum atomic E-state index is 11.5. The first-order chi connectivity index (χ1) is 12.0. The lowest BCUT2D eigenvalue weighted by Crippen LogP contribution is -2.34. The number of carbonyl (C=O) groups excluding carboxylic acids is 2. The highest BCUT2D eigenvalue weighted by Gasteiger charge is 2.03. The molecule has 0 saturated carbocycles. The van der Waals surface area contributed by atoms with Gasteiger partial charge in [0.25, 0.3) is 11.6 Å². The van der Waals surface area contributed by atoms with Crippen molar-refractivity contribution in [1.82, 2.24) is 10.7 Å². The summed E-state index contributed by atoms with van der Waals surface area (Å²) in [5, 5.41) is 16.6. The molecule has 0 radical (unpaired) electrons. The van der Waals surface area contributed by atoms with E-state index >= 15 is 0 Å². The molecular formula is C16H14N4O5. The maximum absolute atomic E-state index is 11.5. The summed E-state index contributed by atoms with van der Waals surface area (Å²) in [7, 11) is 0. The molecule has 9 nitrogen and oxygen atoms in total. The van der Waals surface area contributed by atoms with Crippen LogP contribution in [0.4, 0.5) is 5.69 Å². The molecule has 128 valence electrons. The van der Waals surface area contributed by atoms with Crippen molar-refractivity contribution in [3.8, 4) is 0 Å². The lowest BCUT2D eigenvalue weighted by atomic mass is 10.2. The standard InChI is InChI=1S/C16H14N4O5/c21-15(8-7-14-2-1-9-25-14)17-11-16(22)19-18-10-12-3-5-13(6-4-12)20(23)24/h1-10H,11H2,(H,17,21)(H,19,22)/b8-7+,18-10?. The number of benzene rings is 1. The quantitative estimate of drug-likeness (QED) is 0.341. The molecule has 1 aromatic heterocycles. The highest BCUT2D eigenvalue weighted by Crippen LogP contribution is 2.10. The van der Waals surface area contributed by atoms with E-state index in [1.54, 1.807) is 12.1 Å². The monoisotopic (exact) mass is 342 g/mol. The third kappa shape index (κ3) is 6.10. The van der Waals surface area contributed by atoms with E-state index in [0.29, 0.717) is 11.3 Å². The zero-order valence-corrected chi connectivity index (χ0v) is 12.9. The molecule has 0 aliphatic rings. The summed E-state index contributed by atoms with van der Waals surface area (Å²) in [6.07, 6.45) is 5.53. The Labute approximate surface area is 142 Å².